The number of fused-ring (bicyclic) bond motifs is 1. The molecule has 1 fully saturated rings. The van der Waals surface area contributed by atoms with Crippen molar-refractivity contribution >= 4 is 11.3 Å². The summed E-state index contributed by atoms with van der Waals surface area (Å²) in [6.07, 6.45) is 2.08. The summed E-state index contributed by atoms with van der Waals surface area (Å²) in [6.45, 7) is 3.37. The molecule has 0 saturated heterocycles. The van der Waals surface area contributed by atoms with Crippen molar-refractivity contribution in [3.05, 3.63) is 64.4 Å². The molecule has 0 radical (unpaired) electrons. The summed E-state index contributed by atoms with van der Waals surface area (Å²) in [6, 6.07) is 7.11. The van der Waals surface area contributed by atoms with Crippen LogP contribution in [0.1, 0.15) is 46.4 Å². The van der Waals surface area contributed by atoms with Gasteiger partial charge >= 0.3 is 0 Å². The van der Waals surface area contributed by atoms with Crippen molar-refractivity contribution in [1.82, 2.24) is 14.9 Å². The molecule has 6 nitrogen and oxygen atoms in total. The van der Waals surface area contributed by atoms with Gasteiger partial charge in [-0.15, -0.1) is 0 Å². The van der Waals surface area contributed by atoms with Crippen molar-refractivity contribution in [3.8, 4) is 5.88 Å². The average Bonchev–Trinajstić information content (AvgIpc) is 3.27. The van der Waals surface area contributed by atoms with Crippen LogP contribution < -0.4 is 10.1 Å². The molecule has 2 heterocycles. The van der Waals surface area contributed by atoms with Gasteiger partial charge in [0.2, 0.25) is 5.88 Å². The van der Waals surface area contributed by atoms with Gasteiger partial charge in [-0.05, 0) is 56.9 Å². The number of hydrogen-bond acceptors (Lipinski definition) is 5. The molecule has 164 valence electrons. The number of carbonyl (C=O) groups is 1. The summed E-state index contributed by atoms with van der Waals surface area (Å²) in [5.74, 6) is -1.21. The molecule has 1 saturated carbocycles. The number of rotatable bonds is 7. The van der Waals surface area contributed by atoms with Crippen LogP contribution in [0.4, 0.5) is 8.78 Å². The SMILES string of the molecule is Cc1cc(OCc2c(F)cccc2F)n2nc(C)c(C(=O)CNC3CCCC3O)c2c1. The highest BCUT2D eigenvalue weighted by atomic mass is 19.1. The van der Waals surface area contributed by atoms with Gasteiger partial charge in [0.15, 0.2) is 5.78 Å². The lowest BCUT2D eigenvalue weighted by Gasteiger charge is -2.15. The maximum absolute atomic E-state index is 13.9. The molecule has 4 rings (SSSR count). The van der Waals surface area contributed by atoms with Gasteiger partial charge in [0.25, 0.3) is 0 Å². The first-order valence-electron chi connectivity index (χ1n) is 10.4. The number of ketones is 1. The third-order valence-corrected chi connectivity index (χ3v) is 5.73. The zero-order valence-corrected chi connectivity index (χ0v) is 17.5. The Morgan fingerprint density at radius 3 is 2.68 bits per heavy atom. The monoisotopic (exact) mass is 429 g/mol. The van der Waals surface area contributed by atoms with E-state index < -0.39 is 17.7 Å². The van der Waals surface area contributed by atoms with Crippen molar-refractivity contribution in [2.45, 2.75) is 51.9 Å². The van der Waals surface area contributed by atoms with Crippen LogP contribution in [0.15, 0.2) is 30.3 Å². The Labute approximate surface area is 178 Å². The maximum atomic E-state index is 13.9. The van der Waals surface area contributed by atoms with Crippen LogP contribution in [0.25, 0.3) is 5.52 Å². The van der Waals surface area contributed by atoms with Crippen molar-refractivity contribution in [1.29, 1.82) is 0 Å². The Morgan fingerprint density at radius 1 is 1.26 bits per heavy atom. The van der Waals surface area contributed by atoms with Gasteiger partial charge in [0.1, 0.15) is 18.2 Å². The third kappa shape index (κ3) is 4.31. The van der Waals surface area contributed by atoms with Crippen LogP contribution in [-0.2, 0) is 6.61 Å². The van der Waals surface area contributed by atoms with E-state index >= 15 is 0 Å². The van der Waals surface area contributed by atoms with Crippen LogP contribution in [-0.4, -0.2) is 39.2 Å². The second-order valence-corrected chi connectivity index (χ2v) is 8.03. The number of aromatic nitrogens is 2. The summed E-state index contributed by atoms with van der Waals surface area (Å²) < 4.78 is 35.1. The Morgan fingerprint density at radius 2 is 2.00 bits per heavy atom. The predicted octanol–water partition coefficient (Wildman–Crippen LogP) is 3.49. The van der Waals surface area contributed by atoms with Crippen LogP contribution >= 0.6 is 0 Å². The molecule has 1 aliphatic carbocycles. The fourth-order valence-corrected chi connectivity index (χ4v) is 4.11. The van der Waals surface area contributed by atoms with Crippen molar-refractivity contribution in [2.24, 2.45) is 0 Å². The second kappa shape index (κ2) is 8.72. The molecule has 0 amide bonds. The Balaban J connectivity index is 1.59. The number of nitrogens with one attached hydrogen (secondary N) is 1. The number of hydrogen-bond donors (Lipinski definition) is 2. The van der Waals surface area contributed by atoms with Crippen molar-refractivity contribution in [3.63, 3.8) is 0 Å². The molecule has 3 aromatic rings. The number of aryl methyl sites for hydroxylation is 2. The van der Waals surface area contributed by atoms with E-state index in [4.69, 9.17) is 4.74 Å². The minimum Gasteiger partial charge on any atom is -0.473 e. The van der Waals surface area contributed by atoms with E-state index in [0.717, 1.165) is 24.8 Å². The van der Waals surface area contributed by atoms with E-state index in [0.29, 0.717) is 22.7 Å². The molecule has 1 aliphatic rings. The van der Waals surface area contributed by atoms with Crippen LogP contribution in [0, 0.1) is 25.5 Å². The quantitative estimate of drug-likeness (QED) is 0.563. The number of carbonyl (C=O) groups excluding carboxylic acids is 1. The van der Waals surface area contributed by atoms with Gasteiger partial charge in [-0.3, -0.25) is 4.79 Å². The first kappa shape index (κ1) is 21.4. The lowest BCUT2D eigenvalue weighted by molar-refractivity contribution is 0.0971. The number of pyridine rings is 1. The molecule has 2 aromatic heterocycles. The number of Topliss-reactive ketones (excluding diaryl/α,β-unsaturated/α-hetero) is 1. The largest absolute Gasteiger partial charge is 0.473 e. The van der Waals surface area contributed by atoms with Gasteiger partial charge in [0, 0.05) is 12.1 Å². The summed E-state index contributed by atoms with van der Waals surface area (Å²) >= 11 is 0. The van der Waals surface area contributed by atoms with Gasteiger partial charge < -0.3 is 15.2 Å². The third-order valence-electron chi connectivity index (χ3n) is 5.73. The molecule has 31 heavy (non-hydrogen) atoms. The zero-order valence-electron chi connectivity index (χ0n) is 17.5. The molecular weight excluding hydrogens is 404 g/mol. The zero-order chi connectivity index (χ0) is 22.1. The van der Waals surface area contributed by atoms with E-state index in [-0.39, 0.29) is 30.5 Å². The van der Waals surface area contributed by atoms with E-state index in [1.807, 2.05) is 13.0 Å². The highest BCUT2D eigenvalue weighted by molar-refractivity contribution is 6.04. The maximum Gasteiger partial charge on any atom is 0.215 e. The highest BCUT2D eigenvalue weighted by Crippen LogP contribution is 2.25. The number of aliphatic hydroxyl groups is 1. The topological polar surface area (TPSA) is 75.9 Å². The van der Waals surface area contributed by atoms with E-state index in [1.165, 1.54) is 22.7 Å². The second-order valence-electron chi connectivity index (χ2n) is 8.03. The smallest absolute Gasteiger partial charge is 0.215 e. The van der Waals surface area contributed by atoms with Gasteiger partial charge in [-0.2, -0.15) is 5.10 Å². The number of halogens is 2. The standard InChI is InChI=1S/C23H25F2N3O3/c1-13-9-19-23(21(30)11-26-18-7-4-8-20(18)29)14(2)27-28(19)22(10-13)31-12-15-16(24)5-3-6-17(15)25/h3,5-6,9-10,18,20,26,29H,4,7-8,11-12H2,1-2H3. The first-order valence-corrected chi connectivity index (χ1v) is 10.4. The molecular formula is C23H25F2N3O3. The van der Waals surface area contributed by atoms with Crippen LogP contribution in [0.3, 0.4) is 0 Å². The summed E-state index contributed by atoms with van der Waals surface area (Å²) in [7, 11) is 0. The molecule has 2 N–H and O–H groups in total. The van der Waals surface area contributed by atoms with E-state index in [1.54, 1.807) is 13.0 Å². The van der Waals surface area contributed by atoms with Gasteiger partial charge in [-0.25, -0.2) is 13.3 Å². The molecule has 0 aliphatic heterocycles. The minimum atomic E-state index is -0.684. The highest BCUT2D eigenvalue weighted by Gasteiger charge is 2.26. The Kier molecular flexibility index (Phi) is 6.02. The van der Waals surface area contributed by atoms with Gasteiger partial charge in [-0.1, -0.05) is 6.07 Å². The number of aliphatic hydroxyl groups excluding tert-OH is 1. The molecule has 2 unspecified atom stereocenters. The molecule has 0 spiro atoms. The normalized spacial score (nSPS) is 18.6. The number of ether oxygens (including phenoxy) is 1. The minimum absolute atomic E-state index is 0.0811. The first-order chi connectivity index (χ1) is 14.8. The Hall–Kier alpha value is -2.84. The van der Waals surface area contributed by atoms with Gasteiger partial charge in [0.05, 0.1) is 35.0 Å². The van der Waals surface area contributed by atoms with E-state index in [9.17, 15) is 18.7 Å². The van der Waals surface area contributed by atoms with Crippen LogP contribution in [0.2, 0.25) is 0 Å². The fourth-order valence-electron chi connectivity index (χ4n) is 4.11. The summed E-state index contributed by atoms with van der Waals surface area (Å²) in [4.78, 5) is 13.0. The van der Waals surface area contributed by atoms with E-state index in [2.05, 4.69) is 10.4 Å². The summed E-state index contributed by atoms with van der Waals surface area (Å²) in [5.41, 5.74) is 2.22. The van der Waals surface area contributed by atoms with Crippen molar-refractivity contribution in [2.75, 3.05) is 6.54 Å². The number of benzene rings is 1. The molecule has 2 atom stereocenters. The average molecular weight is 429 g/mol. The molecule has 8 heteroatoms. The van der Waals surface area contributed by atoms with Crippen LogP contribution in [0.5, 0.6) is 5.88 Å². The molecule has 0 bridgehead atoms. The number of nitrogens with zero attached hydrogens (tertiary/aromatic N) is 2. The summed E-state index contributed by atoms with van der Waals surface area (Å²) in [5, 5.41) is 17.5. The lowest BCUT2D eigenvalue weighted by Crippen LogP contribution is -2.38. The predicted molar refractivity (Wildman–Crippen MR) is 111 cm³/mol. The van der Waals surface area contributed by atoms with Crippen molar-refractivity contribution < 1.29 is 23.4 Å². The Bertz CT molecular complexity index is 1110. The molecule has 1 aromatic carbocycles. The lowest BCUT2D eigenvalue weighted by atomic mass is 10.1. The fraction of sp³-hybridized carbons (Fsp3) is 0.391.